The van der Waals surface area contributed by atoms with Gasteiger partial charge in [0.1, 0.15) is 5.75 Å². The first-order valence-electron chi connectivity index (χ1n) is 9.54. The molecule has 2 heterocycles. The Hall–Kier alpha value is -2.61. The van der Waals surface area contributed by atoms with Crippen molar-refractivity contribution in [1.29, 1.82) is 0 Å². The van der Waals surface area contributed by atoms with E-state index in [1.807, 2.05) is 18.4 Å². The van der Waals surface area contributed by atoms with Crippen LogP contribution in [0.25, 0.3) is 0 Å². The molecule has 1 fully saturated rings. The van der Waals surface area contributed by atoms with E-state index >= 15 is 0 Å². The van der Waals surface area contributed by atoms with Crippen LogP contribution in [-0.4, -0.2) is 49.5 Å². The van der Waals surface area contributed by atoms with Crippen molar-refractivity contribution < 1.29 is 27.5 Å². The molecule has 1 aromatic carbocycles. The highest BCUT2D eigenvalue weighted by atomic mass is 32.2. The van der Waals surface area contributed by atoms with Crippen molar-refractivity contribution in [2.75, 3.05) is 24.7 Å². The minimum absolute atomic E-state index is 0.0870. The maximum Gasteiger partial charge on any atom is 0.338 e. The number of benzene rings is 1. The predicted octanol–water partition coefficient (Wildman–Crippen LogP) is 2.90. The number of rotatable bonds is 7. The minimum Gasteiger partial charge on any atom is -0.494 e. The van der Waals surface area contributed by atoms with E-state index in [2.05, 4.69) is 0 Å². The van der Waals surface area contributed by atoms with E-state index in [0.29, 0.717) is 35.6 Å². The monoisotopic (exact) mass is 419 g/mol. The second-order valence-electron chi connectivity index (χ2n) is 7.17. The van der Waals surface area contributed by atoms with Crippen LogP contribution in [0.5, 0.6) is 5.75 Å². The zero-order valence-corrected chi connectivity index (χ0v) is 17.6. The van der Waals surface area contributed by atoms with Gasteiger partial charge in [-0.3, -0.25) is 4.79 Å². The quantitative estimate of drug-likeness (QED) is 0.506. The number of esters is 1. The Morgan fingerprint density at radius 1 is 1.17 bits per heavy atom. The van der Waals surface area contributed by atoms with Gasteiger partial charge >= 0.3 is 5.97 Å². The summed E-state index contributed by atoms with van der Waals surface area (Å²) in [6.07, 6.45) is 0.541. The molecule has 1 atom stereocenters. The van der Waals surface area contributed by atoms with Crippen LogP contribution in [-0.2, 0) is 14.6 Å². The van der Waals surface area contributed by atoms with Crippen LogP contribution in [0.1, 0.15) is 51.5 Å². The molecule has 29 heavy (non-hydrogen) atoms. The lowest BCUT2D eigenvalue weighted by atomic mass is 10.1. The Bertz CT molecular complexity index is 1020. The second-order valence-corrected chi connectivity index (χ2v) is 9.40. The maximum absolute atomic E-state index is 12.6. The second kappa shape index (κ2) is 8.41. The number of carbonyl (C=O) groups is 2. The third kappa shape index (κ3) is 4.70. The minimum atomic E-state index is -3.03. The molecule has 156 valence electrons. The van der Waals surface area contributed by atoms with E-state index in [1.54, 1.807) is 37.3 Å². The van der Waals surface area contributed by atoms with Crippen LogP contribution in [0.4, 0.5) is 0 Å². The molecule has 0 spiro atoms. The summed E-state index contributed by atoms with van der Waals surface area (Å²) < 4.78 is 36.0. The number of ether oxygens (including phenoxy) is 2. The molecule has 0 N–H and O–H groups in total. The maximum atomic E-state index is 12.6. The molecule has 0 saturated carbocycles. The summed E-state index contributed by atoms with van der Waals surface area (Å²) in [4.78, 5) is 24.8. The van der Waals surface area contributed by atoms with Crippen molar-refractivity contribution in [3.8, 4) is 5.75 Å². The van der Waals surface area contributed by atoms with Gasteiger partial charge in [-0.05, 0) is 57.5 Å². The number of Topliss-reactive ketones (excluding diaryl/α,β-unsaturated/α-hetero) is 1. The molecule has 0 radical (unpaired) electrons. The third-order valence-corrected chi connectivity index (χ3v) is 6.84. The number of ketones is 1. The van der Waals surface area contributed by atoms with Gasteiger partial charge in [0.15, 0.2) is 16.4 Å². The Labute approximate surface area is 170 Å². The lowest BCUT2D eigenvalue weighted by molar-refractivity contribution is 0.0474. The van der Waals surface area contributed by atoms with Crippen molar-refractivity contribution in [3.05, 3.63) is 52.8 Å². The Morgan fingerprint density at radius 2 is 1.86 bits per heavy atom. The fraction of sp³-hybridized carbons (Fsp3) is 0.429. The SMILES string of the molecule is CCOc1ccc(C(=O)OCC(=O)c2cc(C)n([C@@H]3CCS(=O)(=O)C3)c2C)cc1. The van der Waals surface area contributed by atoms with Crippen LogP contribution in [0.2, 0.25) is 0 Å². The average molecular weight is 419 g/mol. The lowest BCUT2D eigenvalue weighted by Gasteiger charge is -2.16. The summed E-state index contributed by atoms with van der Waals surface area (Å²) in [6, 6.07) is 8.09. The molecule has 1 aliphatic heterocycles. The van der Waals surface area contributed by atoms with E-state index < -0.39 is 15.8 Å². The number of aromatic nitrogens is 1. The van der Waals surface area contributed by atoms with Gasteiger partial charge in [0.25, 0.3) is 0 Å². The Kier molecular flexibility index (Phi) is 6.12. The van der Waals surface area contributed by atoms with E-state index in [4.69, 9.17) is 9.47 Å². The number of hydrogen-bond donors (Lipinski definition) is 0. The summed E-state index contributed by atoms with van der Waals surface area (Å²) in [5, 5.41) is 0. The molecular weight excluding hydrogens is 394 g/mol. The largest absolute Gasteiger partial charge is 0.494 e. The summed E-state index contributed by atoms with van der Waals surface area (Å²) in [7, 11) is -3.03. The first-order chi connectivity index (χ1) is 13.7. The van der Waals surface area contributed by atoms with Gasteiger partial charge in [-0.1, -0.05) is 0 Å². The summed E-state index contributed by atoms with van der Waals surface area (Å²) in [6.45, 7) is 5.67. The van der Waals surface area contributed by atoms with E-state index in [9.17, 15) is 18.0 Å². The molecule has 3 rings (SSSR count). The molecule has 1 aromatic heterocycles. The highest BCUT2D eigenvalue weighted by Crippen LogP contribution is 2.29. The smallest absolute Gasteiger partial charge is 0.338 e. The molecular formula is C21H25NO6S. The molecule has 0 aliphatic carbocycles. The molecule has 7 nitrogen and oxygen atoms in total. The Morgan fingerprint density at radius 3 is 2.45 bits per heavy atom. The first kappa shape index (κ1) is 21.1. The van der Waals surface area contributed by atoms with E-state index in [0.717, 1.165) is 5.69 Å². The number of nitrogens with zero attached hydrogens (tertiary/aromatic N) is 1. The number of hydrogen-bond acceptors (Lipinski definition) is 6. The van der Waals surface area contributed by atoms with Crippen LogP contribution < -0.4 is 4.74 Å². The van der Waals surface area contributed by atoms with E-state index in [-0.39, 0.29) is 29.9 Å². The standard InChI is InChI=1S/C21H25NO6S/c1-4-27-18-7-5-16(6-8-18)21(24)28-12-20(23)19-11-14(2)22(15(19)3)17-9-10-29(25,26)13-17/h5-8,11,17H,4,9-10,12-13H2,1-3H3/t17-/m1/s1. The summed E-state index contributed by atoms with van der Waals surface area (Å²) in [5.74, 6) is 0.00426. The number of sulfone groups is 1. The molecule has 1 aliphatic rings. The molecule has 0 amide bonds. The van der Waals surface area contributed by atoms with Crippen LogP contribution in [0.3, 0.4) is 0 Å². The van der Waals surface area contributed by atoms with Crippen molar-refractivity contribution in [1.82, 2.24) is 4.57 Å². The van der Waals surface area contributed by atoms with Crippen molar-refractivity contribution >= 4 is 21.6 Å². The summed E-state index contributed by atoms with van der Waals surface area (Å²) >= 11 is 0. The van der Waals surface area contributed by atoms with Gasteiger partial charge in [0.05, 0.1) is 23.7 Å². The predicted molar refractivity (Wildman–Crippen MR) is 108 cm³/mol. The van der Waals surface area contributed by atoms with Gasteiger partial charge in [-0.2, -0.15) is 0 Å². The number of aryl methyl sites for hydroxylation is 1. The van der Waals surface area contributed by atoms with Gasteiger partial charge in [0, 0.05) is 23.0 Å². The van der Waals surface area contributed by atoms with Crippen LogP contribution in [0.15, 0.2) is 30.3 Å². The fourth-order valence-electron chi connectivity index (χ4n) is 3.75. The highest BCUT2D eigenvalue weighted by Gasteiger charge is 2.31. The first-order valence-corrected chi connectivity index (χ1v) is 11.4. The third-order valence-electron chi connectivity index (χ3n) is 5.09. The van der Waals surface area contributed by atoms with Crippen LogP contribution in [0, 0.1) is 13.8 Å². The van der Waals surface area contributed by atoms with Crippen molar-refractivity contribution in [2.24, 2.45) is 0 Å². The van der Waals surface area contributed by atoms with Crippen LogP contribution >= 0.6 is 0 Å². The van der Waals surface area contributed by atoms with E-state index in [1.165, 1.54) is 0 Å². The van der Waals surface area contributed by atoms with Crippen molar-refractivity contribution in [2.45, 2.75) is 33.2 Å². The summed E-state index contributed by atoms with van der Waals surface area (Å²) in [5.41, 5.74) is 2.31. The van der Waals surface area contributed by atoms with Gasteiger partial charge in [0.2, 0.25) is 5.78 Å². The molecule has 2 aromatic rings. The zero-order chi connectivity index (χ0) is 21.2. The number of carbonyl (C=O) groups excluding carboxylic acids is 2. The van der Waals surface area contributed by atoms with Crippen molar-refractivity contribution in [3.63, 3.8) is 0 Å². The Balaban J connectivity index is 1.66. The fourth-order valence-corrected chi connectivity index (χ4v) is 5.45. The average Bonchev–Trinajstić information content (AvgIpc) is 3.18. The topological polar surface area (TPSA) is 91.7 Å². The molecule has 1 saturated heterocycles. The normalized spacial score (nSPS) is 17.8. The highest BCUT2D eigenvalue weighted by molar-refractivity contribution is 7.91. The zero-order valence-electron chi connectivity index (χ0n) is 16.8. The van der Waals surface area contributed by atoms with Gasteiger partial charge in [-0.15, -0.1) is 0 Å². The molecule has 0 bridgehead atoms. The van der Waals surface area contributed by atoms with Gasteiger partial charge in [-0.25, -0.2) is 13.2 Å². The molecule has 8 heteroatoms. The van der Waals surface area contributed by atoms with Gasteiger partial charge < -0.3 is 14.0 Å². The lowest BCUT2D eigenvalue weighted by Crippen LogP contribution is -2.17. The molecule has 0 unspecified atom stereocenters.